The first-order valence-electron chi connectivity index (χ1n) is 8.24. The second-order valence-corrected chi connectivity index (χ2v) is 5.67. The molecule has 1 N–H and O–H groups in total. The van der Waals surface area contributed by atoms with Crippen molar-refractivity contribution >= 4 is 5.91 Å². The van der Waals surface area contributed by atoms with Crippen molar-refractivity contribution in [2.75, 3.05) is 26.4 Å². The fraction of sp³-hybridized carbons (Fsp3) is 0.316. The molecule has 2 aromatic rings. The molecule has 132 valence electrons. The highest BCUT2D eigenvalue weighted by Crippen LogP contribution is 2.30. The monoisotopic (exact) mass is 345 g/mol. The summed E-state index contributed by atoms with van der Waals surface area (Å²) in [6.45, 7) is 1.70. The summed E-state index contributed by atoms with van der Waals surface area (Å²) in [6.07, 6.45) is 1.55. The summed E-state index contributed by atoms with van der Waals surface area (Å²) in [5.74, 6) is 1.41. The number of fused-ring (bicyclic) bond motifs is 1. The first-order valence-corrected chi connectivity index (χ1v) is 8.24. The van der Waals surface area contributed by atoms with Crippen molar-refractivity contribution in [3.63, 3.8) is 0 Å². The van der Waals surface area contributed by atoms with Gasteiger partial charge in [0.25, 0.3) is 5.91 Å². The maximum Gasteiger partial charge on any atom is 0.257 e. The lowest BCUT2D eigenvalue weighted by molar-refractivity contribution is -0.123. The number of rotatable bonds is 6. The third kappa shape index (κ3) is 5.11. The van der Waals surface area contributed by atoms with Gasteiger partial charge in [-0.1, -0.05) is 6.07 Å². The van der Waals surface area contributed by atoms with Crippen LogP contribution >= 0.6 is 0 Å². The Labute approximate surface area is 145 Å². The van der Waals surface area contributed by atoms with Crippen LogP contribution < -0.4 is 19.5 Å². The Hall–Kier alpha value is -2.76. The van der Waals surface area contributed by atoms with Gasteiger partial charge in [0.05, 0.1) is 13.2 Å². The Morgan fingerprint density at radius 2 is 1.84 bits per heavy atom. The van der Waals surface area contributed by atoms with E-state index in [1.165, 1.54) is 24.3 Å². The van der Waals surface area contributed by atoms with Crippen molar-refractivity contribution in [1.82, 2.24) is 5.32 Å². The highest BCUT2D eigenvalue weighted by Gasteiger charge is 2.10. The second-order valence-electron chi connectivity index (χ2n) is 5.67. The number of hydrogen-bond acceptors (Lipinski definition) is 4. The number of amides is 1. The molecule has 0 unspecified atom stereocenters. The summed E-state index contributed by atoms with van der Waals surface area (Å²) < 4.78 is 29.3. The van der Waals surface area contributed by atoms with Gasteiger partial charge in [0.1, 0.15) is 11.6 Å². The van der Waals surface area contributed by atoms with E-state index in [0.29, 0.717) is 31.9 Å². The SMILES string of the molecule is O=C(COc1ccc(F)cc1)NCCc1ccc2c(c1)OCCCO2. The van der Waals surface area contributed by atoms with Crippen molar-refractivity contribution in [1.29, 1.82) is 0 Å². The number of benzene rings is 2. The molecule has 0 saturated heterocycles. The van der Waals surface area contributed by atoms with Crippen LogP contribution in [0.1, 0.15) is 12.0 Å². The number of nitrogens with one attached hydrogen (secondary N) is 1. The van der Waals surface area contributed by atoms with Gasteiger partial charge in [-0.05, 0) is 48.4 Å². The molecule has 0 aliphatic carbocycles. The van der Waals surface area contributed by atoms with Crippen molar-refractivity contribution in [2.45, 2.75) is 12.8 Å². The highest BCUT2D eigenvalue weighted by atomic mass is 19.1. The third-order valence-corrected chi connectivity index (χ3v) is 3.73. The molecule has 1 aliphatic heterocycles. The van der Waals surface area contributed by atoms with Crippen LogP contribution in [0.3, 0.4) is 0 Å². The smallest absolute Gasteiger partial charge is 0.257 e. The van der Waals surface area contributed by atoms with E-state index < -0.39 is 0 Å². The summed E-state index contributed by atoms with van der Waals surface area (Å²) in [6, 6.07) is 11.4. The zero-order chi connectivity index (χ0) is 17.5. The van der Waals surface area contributed by atoms with Gasteiger partial charge in [-0.3, -0.25) is 4.79 Å². The molecule has 5 nitrogen and oxygen atoms in total. The Balaban J connectivity index is 1.42. The first kappa shape index (κ1) is 17.1. The van der Waals surface area contributed by atoms with Crippen molar-refractivity contribution in [3.05, 3.63) is 53.8 Å². The molecule has 1 amide bonds. The molecule has 0 radical (unpaired) electrons. The lowest BCUT2D eigenvalue weighted by atomic mass is 10.1. The van der Waals surface area contributed by atoms with Crippen LogP contribution in [0.2, 0.25) is 0 Å². The summed E-state index contributed by atoms with van der Waals surface area (Å²) in [4.78, 5) is 11.8. The van der Waals surface area contributed by atoms with E-state index in [0.717, 1.165) is 23.5 Å². The topological polar surface area (TPSA) is 56.8 Å². The average molecular weight is 345 g/mol. The molecule has 2 aromatic carbocycles. The molecule has 6 heteroatoms. The predicted molar refractivity (Wildman–Crippen MR) is 90.7 cm³/mol. The molecule has 25 heavy (non-hydrogen) atoms. The third-order valence-electron chi connectivity index (χ3n) is 3.73. The van der Waals surface area contributed by atoms with Crippen LogP contribution in [0.4, 0.5) is 4.39 Å². The number of carbonyl (C=O) groups is 1. The number of carbonyl (C=O) groups excluding carboxylic acids is 1. The van der Waals surface area contributed by atoms with E-state index in [2.05, 4.69) is 5.32 Å². The Morgan fingerprint density at radius 3 is 2.64 bits per heavy atom. The summed E-state index contributed by atoms with van der Waals surface area (Å²) >= 11 is 0. The Morgan fingerprint density at radius 1 is 1.08 bits per heavy atom. The minimum absolute atomic E-state index is 0.104. The van der Waals surface area contributed by atoms with Crippen molar-refractivity contribution in [3.8, 4) is 17.2 Å². The van der Waals surface area contributed by atoms with Gasteiger partial charge < -0.3 is 19.5 Å². The minimum atomic E-state index is -0.341. The van der Waals surface area contributed by atoms with Gasteiger partial charge in [0.15, 0.2) is 18.1 Å². The van der Waals surface area contributed by atoms with Crippen LogP contribution in [-0.2, 0) is 11.2 Å². The molecule has 0 atom stereocenters. The molecule has 3 rings (SSSR count). The molecule has 0 aromatic heterocycles. The molecule has 0 spiro atoms. The summed E-state index contributed by atoms with van der Waals surface area (Å²) in [7, 11) is 0. The zero-order valence-corrected chi connectivity index (χ0v) is 13.8. The molecule has 1 aliphatic rings. The Bertz CT molecular complexity index is 718. The summed E-state index contributed by atoms with van der Waals surface area (Å²) in [5, 5.41) is 2.80. The van der Waals surface area contributed by atoms with E-state index in [1.54, 1.807) is 0 Å². The van der Waals surface area contributed by atoms with E-state index in [9.17, 15) is 9.18 Å². The molecule has 0 fully saturated rings. The first-order chi connectivity index (χ1) is 12.2. The largest absolute Gasteiger partial charge is 0.490 e. The van der Waals surface area contributed by atoms with E-state index in [-0.39, 0.29) is 18.3 Å². The van der Waals surface area contributed by atoms with Crippen LogP contribution in [0.25, 0.3) is 0 Å². The van der Waals surface area contributed by atoms with Crippen molar-refractivity contribution < 1.29 is 23.4 Å². The van der Waals surface area contributed by atoms with Gasteiger partial charge in [-0.2, -0.15) is 0 Å². The van der Waals surface area contributed by atoms with Crippen LogP contribution in [0, 0.1) is 5.82 Å². The number of halogens is 1. The van der Waals surface area contributed by atoms with Gasteiger partial charge in [-0.15, -0.1) is 0 Å². The van der Waals surface area contributed by atoms with Crippen LogP contribution in [-0.4, -0.2) is 32.3 Å². The van der Waals surface area contributed by atoms with E-state index in [4.69, 9.17) is 14.2 Å². The van der Waals surface area contributed by atoms with E-state index in [1.807, 2.05) is 18.2 Å². The molecular formula is C19H20FNO4. The fourth-order valence-corrected chi connectivity index (χ4v) is 2.44. The minimum Gasteiger partial charge on any atom is -0.490 e. The zero-order valence-electron chi connectivity index (χ0n) is 13.8. The van der Waals surface area contributed by atoms with Gasteiger partial charge in [0.2, 0.25) is 0 Å². The molecule has 0 saturated carbocycles. The van der Waals surface area contributed by atoms with E-state index >= 15 is 0 Å². The maximum atomic E-state index is 12.8. The van der Waals surface area contributed by atoms with Crippen LogP contribution in [0.15, 0.2) is 42.5 Å². The summed E-state index contributed by atoms with van der Waals surface area (Å²) in [5.41, 5.74) is 1.06. The maximum absolute atomic E-state index is 12.8. The normalized spacial score (nSPS) is 13.0. The lowest BCUT2D eigenvalue weighted by Gasteiger charge is -2.10. The fourth-order valence-electron chi connectivity index (χ4n) is 2.44. The lowest BCUT2D eigenvalue weighted by Crippen LogP contribution is -2.30. The highest BCUT2D eigenvalue weighted by molar-refractivity contribution is 5.77. The number of ether oxygens (including phenoxy) is 3. The van der Waals surface area contributed by atoms with Gasteiger partial charge in [-0.25, -0.2) is 4.39 Å². The quantitative estimate of drug-likeness (QED) is 0.875. The van der Waals surface area contributed by atoms with Gasteiger partial charge in [0, 0.05) is 13.0 Å². The molecule has 0 bridgehead atoms. The number of hydrogen-bond donors (Lipinski definition) is 1. The average Bonchev–Trinajstić information content (AvgIpc) is 2.86. The van der Waals surface area contributed by atoms with Crippen molar-refractivity contribution in [2.24, 2.45) is 0 Å². The standard InChI is InChI=1S/C19H20FNO4/c20-15-3-5-16(6-4-15)25-13-19(22)21-9-8-14-2-7-17-18(12-14)24-11-1-10-23-17/h2-7,12H,1,8-11,13H2,(H,21,22). The molecule has 1 heterocycles. The Kier molecular flexibility index (Phi) is 5.72. The van der Waals surface area contributed by atoms with Gasteiger partial charge >= 0.3 is 0 Å². The second kappa shape index (κ2) is 8.37. The molecular weight excluding hydrogens is 325 g/mol. The predicted octanol–water partition coefficient (Wildman–Crippen LogP) is 2.72. The van der Waals surface area contributed by atoms with Crippen LogP contribution in [0.5, 0.6) is 17.2 Å².